The number of ether oxygens (including phenoxy) is 1. The highest BCUT2D eigenvalue weighted by Gasteiger charge is 2.21. The molecule has 0 saturated carbocycles. The average molecular weight is 362 g/mol. The summed E-state index contributed by atoms with van der Waals surface area (Å²) in [6.45, 7) is 7.00. The van der Waals surface area contributed by atoms with Crippen LogP contribution < -0.4 is 9.30 Å². The van der Waals surface area contributed by atoms with Gasteiger partial charge in [-0.05, 0) is 31.0 Å². The van der Waals surface area contributed by atoms with Crippen LogP contribution >= 0.6 is 0 Å². The molecule has 0 fully saturated rings. The van der Waals surface area contributed by atoms with Gasteiger partial charge in [0.25, 0.3) is 0 Å². The lowest BCUT2D eigenvalue weighted by Crippen LogP contribution is -2.34. The van der Waals surface area contributed by atoms with Crippen LogP contribution in [0.2, 0.25) is 0 Å². The molecule has 0 aliphatic heterocycles. The molecule has 3 aromatic heterocycles. The summed E-state index contributed by atoms with van der Waals surface area (Å²) in [5, 5.41) is 8.95. The predicted molar refractivity (Wildman–Crippen MR) is 105 cm³/mol. The van der Waals surface area contributed by atoms with Gasteiger partial charge >= 0.3 is 0 Å². The minimum atomic E-state index is 0.694. The number of hydrogen-bond donors (Lipinski definition) is 0. The smallest absolute Gasteiger partial charge is 0.229 e. The SMILES string of the molecule is CCCCOc1cncc(-c2nnc3c(C)[n+](C)c4ccc(C)cc4n23)c1. The number of rotatable bonds is 5. The zero-order valence-corrected chi connectivity index (χ0v) is 16.2. The third kappa shape index (κ3) is 3.01. The summed E-state index contributed by atoms with van der Waals surface area (Å²) in [5.41, 5.74) is 6.22. The molecule has 138 valence electrons. The zero-order chi connectivity index (χ0) is 19.0. The van der Waals surface area contributed by atoms with Gasteiger partial charge in [-0.1, -0.05) is 19.4 Å². The van der Waals surface area contributed by atoms with Crippen LogP contribution in [0.5, 0.6) is 5.75 Å². The Labute approximate surface area is 158 Å². The molecule has 6 nitrogen and oxygen atoms in total. The van der Waals surface area contributed by atoms with Crippen LogP contribution in [0.4, 0.5) is 0 Å². The molecular weight excluding hydrogens is 338 g/mol. The fourth-order valence-corrected chi connectivity index (χ4v) is 3.31. The summed E-state index contributed by atoms with van der Waals surface area (Å²) in [4.78, 5) is 4.35. The second kappa shape index (κ2) is 6.95. The van der Waals surface area contributed by atoms with Crippen molar-refractivity contribution >= 4 is 16.7 Å². The monoisotopic (exact) mass is 362 g/mol. The number of pyridine rings is 1. The van der Waals surface area contributed by atoms with Gasteiger partial charge in [-0.2, -0.15) is 4.57 Å². The van der Waals surface area contributed by atoms with Gasteiger partial charge in [0.1, 0.15) is 18.3 Å². The van der Waals surface area contributed by atoms with Crippen LogP contribution in [-0.4, -0.2) is 26.2 Å². The maximum absolute atomic E-state index is 5.82. The van der Waals surface area contributed by atoms with Gasteiger partial charge in [0.05, 0.1) is 12.8 Å². The Bertz CT molecular complexity index is 1130. The molecule has 0 N–H and O–H groups in total. The minimum Gasteiger partial charge on any atom is -0.492 e. The standard InChI is InChI=1S/C21H24N5O/c1-5-6-9-27-17-11-16(12-22-13-17)21-24-23-20-15(3)25(4)18-8-7-14(2)10-19(18)26(20)21/h7-8,10-13H,5-6,9H2,1-4H3/q+1. The largest absolute Gasteiger partial charge is 0.492 e. The van der Waals surface area contributed by atoms with Gasteiger partial charge in [-0.15, -0.1) is 10.2 Å². The van der Waals surface area contributed by atoms with Gasteiger partial charge in [-0.25, -0.2) is 0 Å². The summed E-state index contributed by atoms with van der Waals surface area (Å²) in [7, 11) is 2.06. The molecule has 0 radical (unpaired) electrons. The molecule has 4 rings (SSSR count). The van der Waals surface area contributed by atoms with Crippen LogP contribution in [0.25, 0.3) is 28.1 Å². The predicted octanol–water partition coefficient (Wildman–Crippen LogP) is 3.56. The van der Waals surface area contributed by atoms with Gasteiger partial charge < -0.3 is 4.74 Å². The molecular formula is C21H24N5O+. The van der Waals surface area contributed by atoms with E-state index in [0.29, 0.717) is 6.61 Å². The van der Waals surface area contributed by atoms with E-state index in [4.69, 9.17) is 4.74 Å². The zero-order valence-electron chi connectivity index (χ0n) is 16.2. The van der Waals surface area contributed by atoms with E-state index in [9.17, 15) is 0 Å². The second-order valence-electron chi connectivity index (χ2n) is 6.93. The first-order valence-corrected chi connectivity index (χ1v) is 9.32. The van der Waals surface area contributed by atoms with Crippen molar-refractivity contribution in [3.8, 4) is 17.1 Å². The third-order valence-electron chi connectivity index (χ3n) is 4.96. The molecule has 0 spiro atoms. The van der Waals surface area contributed by atoms with Crippen molar-refractivity contribution in [2.45, 2.75) is 33.6 Å². The second-order valence-corrected chi connectivity index (χ2v) is 6.93. The molecule has 1 aromatic carbocycles. The highest BCUT2D eigenvalue weighted by Crippen LogP contribution is 2.26. The number of hydrogen-bond acceptors (Lipinski definition) is 4. The summed E-state index contributed by atoms with van der Waals surface area (Å²) < 4.78 is 10.1. The van der Waals surface area contributed by atoms with Crippen molar-refractivity contribution in [1.29, 1.82) is 0 Å². The van der Waals surface area contributed by atoms with E-state index in [1.165, 1.54) is 5.56 Å². The van der Waals surface area contributed by atoms with Crippen molar-refractivity contribution in [3.63, 3.8) is 0 Å². The topological polar surface area (TPSA) is 56.2 Å². The van der Waals surface area contributed by atoms with Crippen molar-refractivity contribution in [1.82, 2.24) is 19.6 Å². The normalized spacial score (nSPS) is 11.4. The van der Waals surface area contributed by atoms with Crippen molar-refractivity contribution < 1.29 is 9.30 Å². The first-order chi connectivity index (χ1) is 13.1. The van der Waals surface area contributed by atoms with Gasteiger partial charge in [-0.3, -0.25) is 9.38 Å². The highest BCUT2D eigenvalue weighted by atomic mass is 16.5. The summed E-state index contributed by atoms with van der Waals surface area (Å²) in [5.74, 6) is 1.54. The lowest BCUT2D eigenvalue weighted by Gasteiger charge is -2.08. The van der Waals surface area contributed by atoms with Crippen LogP contribution in [0.3, 0.4) is 0 Å². The van der Waals surface area contributed by atoms with Gasteiger partial charge in [0.15, 0.2) is 5.82 Å². The third-order valence-corrected chi connectivity index (χ3v) is 4.96. The molecule has 0 aliphatic rings. The van der Waals surface area contributed by atoms with E-state index >= 15 is 0 Å². The molecule has 0 saturated heterocycles. The van der Waals surface area contributed by atoms with Crippen molar-refractivity contribution in [3.05, 3.63) is 47.9 Å². The van der Waals surface area contributed by atoms with Crippen LogP contribution in [0, 0.1) is 13.8 Å². The molecule has 4 aromatic rings. The molecule has 3 heterocycles. The Balaban J connectivity index is 1.92. The summed E-state index contributed by atoms with van der Waals surface area (Å²) in [6, 6.07) is 8.43. The van der Waals surface area contributed by atoms with E-state index in [1.807, 2.05) is 12.3 Å². The van der Waals surface area contributed by atoms with Crippen molar-refractivity contribution in [2.24, 2.45) is 7.05 Å². The summed E-state index contributed by atoms with van der Waals surface area (Å²) in [6.07, 6.45) is 5.68. The molecule has 0 bridgehead atoms. The van der Waals surface area contributed by atoms with Gasteiger partial charge in [0.2, 0.25) is 16.9 Å². The van der Waals surface area contributed by atoms with Crippen LogP contribution in [-0.2, 0) is 7.05 Å². The number of nitrogens with zero attached hydrogens (tertiary/aromatic N) is 5. The molecule has 6 heteroatoms. The fourth-order valence-electron chi connectivity index (χ4n) is 3.31. The molecule has 0 unspecified atom stereocenters. The van der Waals surface area contributed by atoms with E-state index in [1.54, 1.807) is 6.20 Å². The van der Waals surface area contributed by atoms with E-state index < -0.39 is 0 Å². The van der Waals surface area contributed by atoms with Gasteiger partial charge in [0, 0.05) is 24.8 Å². The Morgan fingerprint density at radius 3 is 2.78 bits per heavy atom. The maximum atomic E-state index is 5.82. The summed E-state index contributed by atoms with van der Waals surface area (Å²) >= 11 is 0. The van der Waals surface area contributed by atoms with E-state index in [-0.39, 0.29) is 0 Å². The highest BCUT2D eigenvalue weighted by molar-refractivity contribution is 5.79. The Morgan fingerprint density at radius 2 is 1.96 bits per heavy atom. The maximum Gasteiger partial charge on any atom is 0.229 e. The van der Waals surface area contributed by atoms with E-state index in [0.717, 1.165) is 52.4 Å². The minimum absolute atomic E-state index is 0.694. The molecule has 0 atom stereocenters. The molecule has 0 amide bonds. The van der Waals surface area contributed by atoms with Crippen LogP contribution in [0.1, 0.15) is 31.0 Å². The number of aromatic nitrogens is 5. The molecule has 0 aliphatic carbocycles. The number of fused-ring (bicyclic) bond motifs is 3. The first-order valence-electron chi connectivity index (χ1n) is 9.32. The molecule has 27 heavy (non-hydrogen) atoms. The Morgan fingerprint density at radius 1 is 1.11 bits per heavy atom. The lowest BCUT2D eigenvalue weighted by atomic mass is 10.2. The number of unbranched alkanes of at least 4 members (excludes halogenated alkanes) is 1. The first kappa shape index (κ1) is 17.4. The van der Waals surface area contributed by atoms with Crippen LogP contribution in [0.15, 0.2) is 36.7 Å². The average Bonchev–Trinajstić information content (AvgIpc) is 3.12. The Hall–Kier alpha value is -3.02. The van der Waals surface area contributed by atoms with E-state index in [2.05, 4.69) is 70.2 Å². The Kier molecular flexibility index (Phi) is 4.48. The number of aryl methyl sites for hydroxylation is 3. The quantitative estimate of drug-likeness (QED) is 0.402. The lowest BCUT2D eigenvalue weighted by molar-refractivity contribution is -0.650. The number of benzene rings is 1. The van der Waals surface area contributed by atoms with Crippen molar-refractivity contribution in [2.75, 3.05) is 6.61 Å². The fraction of sp³-hybridized carbons (Fsp3) is 0.333.